The van der Waals surface area contributed by atoms with Crippen LogP contribution in [-0.4, -0.2) is 18.7 Å². The Morgan fingerprint density at radius 2 is 1.57 bits per heavy atom. The van der Waals surface area contributed by atoms with Crippen molar-refractivity contribution in [1.29, 1.82) is 0 Å². The minimum atomic E-state index is -0.298. The molecule has 4 nitrogen and oxygen atoms in total. The molecule has 0 heterocycles. The van der Waals surface area contributed by atoms with Gasteiger partial charge in [0.05, 0.1) is 7.11 Å². The van der Waals surface area contributed by atoms with E-state index < -0.39 is 0 Å². The van der Waals surface area contributed by atoms with E-state index in [0.29, 0.717) is 22.6 Å². The summed E-state index contributed by atoms with van der Waals surface area (Å²) >= 11 is 0. The average molecular weight is 280 g/mol. The van der Waals surface area contributed by atoms with Gasteiger partial charge in [-0.15, -0.1) is 0 Å². The molecule has 0 atom stereocenters. The van der Waals surface area contributed by atoms with Gasteiger partial charge in [0, 0.05) is 23.3 Å². The molecule has 0 saturated carbocycles. The van der Waals surface area contributed by atoms with Gasteiger partial charge in [0.2, 0.25) is 5.78 Å². The smallest absolute Gasteiger partial charge is 0.229 e. The number of hydrogen-bond acceptors (Lipinski definition) is 4. The Kier molecular flexibility index (Phi) is 3.28. The molecule has 0 bridgehead atoms. The van der Waals surface area contributed by atoms with Crippen LogP contribution in [-0.2, 0) is 0 Å². The van der Waals surface area contributed by atoms with Crippen molar-refractivity contribution in [1.82, 2.24) is 0 Å². The van der Waals surface area contributed by atoms with E-state index in [0.717, 1.165) is 0 Å². The number of Topliss-reactive ketones (excluding diaryl/α,β-unsaturated/α-hetero) is 1. The fourth-order valence-electron chi connectivity index (χ4n) is 2.16. The molecule has 1 aliphatic carbocycles. The highest BCUT2D eigenvalue weighted by atomic mass is 16.5. The maximum absolute atomic E-state index is 12.3. The van der Waals surface area contributed by atoms with E-state index in [-0.39, 0.29) is 17.3 Å². The summed E-state index contributed by atoms with van der Waals surface area (Å²) in [6.45, 7) is 0. The molecule has 104 valence electrons. The third-order valence-electron chi connectivity index (χ3n) is 3.19. The zero-order chi connectivity index (χ0) is 14.8. The number of ketones is 2. The average Bonchev–Trinajstić information content (AvgIpc) is 2.52. The number of carbonyl (C=O) groups excluding carboxylic acids is 2. The maximum Gasteiger partial charge on any atom is 0.229 e. The standard InChI is InChI=1S/C17H12O4/c1-20-11-5-4-6-12(9-11)21-16-10-15(18)13-7-2-3-8-14(13)17(16)19/h2-10H,1H3. The first-order valence-corrected chi connectivity index (χ1v) is 6.40. The second-order valence-corrected chi connectivity index (χ2v) is 4.53. The molecule has 2 aromatic rings. The molecule has 1 aliphatic rings. The van der Waals surface area contributed by atoms with Crippen LogP contribution >= 0.6 is 0 Å². The first kappa shape index (κ1) is 13.1. The number of carbonyl (C=O) groups is 2. The molecule has 2 aromatic carbocycles. The van der Waals surface area contributed by atoms with Gasteiger partial charge < -0.3 is 9.47 Å². The van der Waals surface area contributed by atoms with Crippen molar-refractivity contribution in [2.24, 2.45) is 0 Å². The van der Waals surface area contributed by atoms with Crippen molar-refractivity contribution in [3.05, 3.63) is 71.5 Å². The van der Waals surface area contributed by atoms with Crippen LogP contribution in [0.2, 0.25) is 0 Å². The molecule has 4 heteroatoms. The van der Waals surface area contributed by atoms with Gasteiger partial charge in [0.1, 0.15) is 11.5 Å². The van der Waals surface area contributed by atoms with E-state index in [2.05, 4.69) is 0 Å². The molecule has 0 radical (unpaired) electrons. The van der Waals surface area contributed by atoms with Crippen molar-refractivity contribution < 1.29 is 19.1 Å². The fraction of sp³-hybridized carbons (Fsp3) is 0.0588. The highest BCUT2D eigenvalue weighted by molar-refractivity contribution is 6.23. The van der Waals surface area contributed by atoms with Crippen LogP contribution in [0.3, 0.4) is 0 Å². The van der Waals surface area contributed by atoms with E-state index in [1.54, 1.807) is 55.6 Å². The molecule has 0 spiro atoms. The molecular weight excluding hydrogens is 268 g/mol. The first-order valence-electron chi connectivity index (χ1n) is 6.40. The van der Waals surface area contributed by atoms with E-state index >= 15 is 0 Å². The van der Waals surface area contributed by atoms with E-state index in [1.807, 2.05) is 0 Å². The Hall–Kier alpha value is -2.88. The third-order valence-corrected chi connectivity index (χ3v) is 3.19. The number of allylic oxidation sites excluding steroid dienone is 2. The van der Waals surface area contributed by atoms with Gasteiger partial charge in [-0.1, -0.05) is 30.3 Å². The van der Waals surface area contributed by atoms with Crippen molar-refractivity contribution in [3.63, 3.8) is 0 Å². The summed E-state index contributed by atoms with van der Waals surface area (Å²) in [7, 11) is 1.55. The quantitative estimate of drug-likeness (QED) is 0.867. The molecule has 3 rings (SSSR count). The van der Waals surface area contributed by atoms with Gasteiger partial charge >= 0.3 is 0 Å². The van der Waals surface area contributed by atoms with Gasteiger partial charge in [0.25, 0.3) is 0 Å². The highest BCUT2D eigenvalue weighted by Crippen LogP contribution is 2.26. The van der Waals surface area contributed by atoms with Crippen molar-refractivity contribution in [3.8, 4) is 11.5 Å². The number of benzene rings is 2. The van der Waals surface area contributed by atoms with Gasteiger partial charge in [-0.2, -0.15) is 0 Å². The van der Waals surface area contributed by atoms with Crippen LogP contribution in [0.1, 0.15) is 20.7 Å². The summed E-state index contributed by atoms with van der Waals surface area (Å²) in [4.78, 5) is 24.4. The molecule has 0 aromatic heterocycles. The number of fused-ring (bicyclic) bond motifs is 1. The third kappa shape index (κ3) is 2.43. The van der Waals surface area contributed by atoms with Crippen molar-refractivity contribution >= 4 is 11.6 Å². The van der Waals surface area contributed by atoms with E-state index in [1.165, 1.54) is 6.08 Å². The largest absolute Gasteiger partial charge is 0.497 e. The Balaban J connectivity index is 1.93. The van der Waals surface area contributed by atoms with Gasteiger partial charge in [-0.25, -0.2) is 0 Å². The van der Waals surface area contributed by atoms with Crippen LogP contribution < -0.4 is 9.47 Å². The van der Waals surface area contributed by atoms with Crippen LogP contribution in [0.5, 0.6) is 11.5 Å². The Bertz CT molecular complexity index is 759. The second kappa shape index (κ2) is 5.25. The number of rotatable bonds is 3. The minimum absolute atomic E-state index is 0.0203. The summed E-state index contributed by atoms with van der Waals surface area (Å²) in [5, 5.41) is 0. The lowest BCUT2D eigenvalue weighted by molar-refractivity contribution is 0.0946. The summed E-state index contributed by atoms with van der Waals surface area (Å²) in [6, 6.07) is 13.6. The maximum atomic E-state index is 12.3. The molecule has 0 amide bonds. The van der Waals surface area contributed by atoms with E-state index in [9.17, 15) is 9.59 Å². The summed E-state index contributed by atoms with van der Waals surface area (Å²) in [5.74, 6) is 0.548. The molecule has 0 N–H and O–H groups in total. The topological polar surface area (TPSA) is 52.6 Å². The number of ether oxygens (including phenoxy) is 2. The molecular formula is C17H12O4. The normalized spacial score (nSPS) is 13.5. The Labute approximate surface area is 121 Å². The zero-order valence-electron chi connectivity index (χ0n) is 11.3. The lowest BCUT2D eigenvalue weighted by atomic mass is 9.94. The molecule has 21 heavy (non-hydrogen) atoms. The molecule has 0 saturated heterocycles. The zero-order valence-corrected chi connectivity index (χ0v) is 11.3. The van der Waals surface area contributed by atoms with Crippen LogP contribution in [0, 0.1) is 0 Å². The molecule has 0 fully saturated rings. The Morgan fingerprint density at radius 1 is 0.857 bits per heavy atom. The predicted octanol–water partition coefficient (Wildman–Crippen LogP) is 3.04. The van der Waals surface area contributed by atoms with Crippen LogP contribution in [0.25, 0.3) is 0 Å². The minimum Gasteiger partial charge on any atom is -0.497 e. The highest BCUT2D eigenvalue weighted by Gasteiger charge is 2.26. The lowest BCUT2D eigenvalue weighted by Gasteiger charge is -2.15. The molecule has 0 aliphatic heterocycles. The fourth-order valence-corrected chi connectivity index (χ4v) is 2.16. The summed E-state index contributed by atoms with van der Waals surface area (Å²) < 4.78 is 10.6. The summed E-state index contributed by atoms with van der Waals surface area (Å²) in [5.41, 5.74) is 0.767. The SMILES string of the molecule is COc1cccc(OC2=CC(=O)c3ccccc3C2=O)c1. The number of methoxy groups -OCH3 is 1. The van der Waals surface area contributed by atoms with Gasteiger partial charge in [-0.3, -0.25) is 9.59 Å². The first-order chi connectivity index (χ1) is 10.2. The van der Waals surface area contributed by atoms with Crippen molar-refractivity contribution in [2.45, 2.75) is 0 Å². The monoisotopic (exact) mass is 280 g/mol. The second-order valence-electron chi connectivity index (χ2n) is 4.53. The lowest BCUT2D eigenvalue weighted by Crippen LogP contribution is -2.20. The number of hydrogen-bond donors (Lipinski definition) is 0. The summed E-state index contributed by atoms with van der Waals surface area (Å²) in [6.07, 6.45) is 1.23. The predicted molar refractivity (Wildman–Crippen MR) is 76.8 cm³/mol. The Morgan fingerprint density at radius 3 is 2.33 bits per heavy atom. The van der Waals surface area contributed by atoms with Crippen LogP contribution in [0.4, 0.5) is 0 Å². The van der Waals surface area contributed by atoms with Crippen molar-refractivity contribution in [2.75, 3.05) is 7.11 Å². The molecule has 0 unspecified atom stereocenters. The van der Waals surface area contributed by atoms with E-state index in [4.69, 9.17) is 9.47 Å². The van der Waals surface area contributed by atoms with Gasteiger partial charge in [0.15, 0.2) is 11.5 Å². The van der Waals surface area contributed by atoms with Gasteiger partial charge in [-0.05, 0) is 12.1 Å². The van der Waals surface area contributed by atoms with Crippen LogP contribution in [0.15, 0.2) is 60.4 Å².